The van der Waals surface area contributed by atoms with Gasteiger partial charge < -0.3 is 15.1 Å². The van der Waals surface area contributed by atoms with Gasteiger partial charge in [0.25, 0.3) is 0 Å². The molecule has 0 fully saturated rings. The molecule has 0 aliphatic heterocycles. The van der Waals surface area contributed by atoms with Gasteiger partial charge >= 0.3 is 0 Å². The Morgan fingerprint density at radius 1 is 0.933 bits per heavy atom. The molecule has 0 aliphatic carbocycles. The molecule has 0 rings (SSSR count). The molecule has 15 heavy (non-hydrogen) atoms. The molecule has 0 saturated carbocycles. The highest BCUT2D eigenvalue weighted by atomic mass is 15.1. The molecule has 0 heterocycles. The molecule has 1 N–H and O–H groups in total. The van der Waals surface area contributed by atoms with Crippen LogP contribution in [0.4, 0.5) is 0 Å². The van der Waals surface area contributed by atoms with Crippen LogP contribution in [-0.4, -0.2) is 63.2 Å². The number of hydrogen-bond acceptors (Lipinski definition) is 3. The first-order valence-corrected chi connectivity index (χ1v) is 6.17. The molecule has 0 aliphatic rings. The minimum atomic E-state index is 0.751. The summed E-state index contributed by atoms with van der Waals surface area (Å²) in [5.74, 6) is 0. The Bertz CT molecular complexity index is 133. The van der Waals surface area contributed by atoms with E-state index in [0.717, 1.165) is 32.2 Å². The molecule has 0 radical (unpaired) electrons. The van der Waals surface area contributed by atoms with Gasteiger partial charge in [0.2, 0.25) is 0 Å². The molecule has 0 amide bonds. The van der Waals surface area contributed by atoms with E-state index in [2.05, 4.69) is 50.1 Å². The largest absolute Gasteiger partial charge is 0.314 e. The van der Waals surface area contributed by atoms with Gasteiger partial charge in [-0.3, -0.25) is 0 Å². The van der Waals surface area contributed by atoms with Crippen molar-refractivity contribution in [3.05, 3.63) is 0 Å². The summed E-state index contributed by atoms with van der Waals surface area (Å²) in [5.41, 5.74) is 0. The van der Waals surface area contributed by atoms with Gasteiger partial charge in [-0.25, -0.2) is 0 Å². The molecule has 0 unspecified atom stereocenters. The number of rotatable bonds is 9. The third-order valence-corrected chi connectivity index (χ3v) is 2.94. The molecule has 0 aromatic rings. The minimum absolute atomic E-state index is 0.751. The highest BCUT2D eigenvalue weighted by Crippen LogP contribution is 2.04. The standard InChI is InChI=1S/C12H29N3/c1-6-12(7-2)15(5)11-9-13-8-10-14(3)4/h12-13H,6-11H2,1-5H3. The minimum Gasteiger partial charge on any atom is -0.314 e. The fraction of sp³-hybridized carbons (Fsp3) is 1.00. The predicted octanol–water partition coefficient (Wildman–Crippen LogP) is 1.26. The lowest BCUT2D eigenvalue weighted by Gasteiger charge is -2.26. The lowest BCUT2D eigenvalue weighted by Crippen LogP contribution is -2.37. The summed E-state index contributed by atoms with van der Waals surface area (Å²) in [6.07, 6.45) is 2.51. The first-order chi connectivity index (χ1) is 7.11. The van der Waals surface area contributed by atoms with Crippen molar-refractivity contribution in [2.45, 2.75) is 32.7 Å². The maximum Gasteiger partial charge on any atom is 0.0107 e. The van der Waals surface area contributed by atoms with E-state index in [9.17, 15) is 0 Å². The average molecular weight is 215 g/mol. The van der Waals surface area contributed by atoms with Gasteiger partial charge in [0.15, 0.2) is 0 Å². The van der Waals surface area contributed by atoms with Gasteiger partial charge in [-0.1, -0.05) is 13.8 Å². The molecule has 0 aromatic heterocycles. The molecule has 92 valence electrons. The summed E-state index contributed by atoms with van der Waals surface area (Å²) < 4.78 is 0. The Hall–Kier alpha value is -0.120. The van der Waals surface area contributed by atoms with Gasteiger partial charge in [-0.2, -0.15) is 0 Å². The zero-order valence-corrected chi connectivity index (χ0v) is 11.2. The summed E-state index contributed by atoms with van der Waals surface area (Å²) in [6.45, 7) is 8.99. The second-order valence-corrected chi connectivity index (χ2v) is 4.50. The van der Waals surface area contributed by atoms with Crippen LogP contribution in [0.1, 0.15) is 26.7 Å². The Labute approximate surface area is 95.8 Å². The first kappa shape index (κ1) is 14.9. The maximum atomic E-state index is 3.47. The normalized spacial score (nSPS) is 12.0. The SMILES string of the molecule is CCC(CC)N(C)CCNCCN(C)C. The highest BCUT2D eigenvalue weighted by Gasteiger charge is 2.08. The zero-order chi connectivity index (χ0) is 11.7. The van der Waals surface area contributed by atoms with Crippen LogP contribution in [0, 0.1) is 0 Å². The van der Waals surface area contributed by atoms with Crippen LogP contribution in [0.15, 0.2) is 0 Å². The molecular formula is C12H29N3. The number of hydrogen-bond donors (Lipinski definition) is 1. The van der Waals surface area contributed by atoms with Crippen molar-refractivity contribution in [2.24, 2.45) is 0 Å². The molecule has 0 bridgehead atoms. The quantitative estimate of drug-likeness (QED) is 0.584. The van der Waals surface area contributed by atoms with Crippen LogP contribution in [0.5, 0.6) is 0 Å². The third-order valence-electron chi connectivity index (χ3n) is 2.94. The van der Waals surface area contributed by atoms with Crippen LogP contribution in [0.2, 0.25) is 0 Å². The van der Waals surface area contributed by atoms with Crippen LogP contribution in [0.25, 0.3) is 0 Å². The number of nitrogens with one attached hydrogen (secondary N) is 1. The van der Waals surface area contributed by atoms with Crippen LogP contribution in [-0.2, 0) is 0 Å². The van der Waals surface area contributed by atoms with E-state index in [1.54, 1.807) is 0 Å². The molecule has 0 aromatic carbocycles. The number of nitrogens with zero attached hydrogens (tertiary/aromatic N) is 2. The van der Waals surface area contributed by atoms with Crippen LogP contribution < -0.4 is 5.32 Å². The first-order valence-electron chi connectivity index (χ1n) is 6.17. The van der Waals surface area contributed by atoms with E-state index in [-0.39, 0.29) is 0 Å². The lowest BCUT2D eigenvalue weighted by atomic mass is 10.1. The van der Waals surface area contributed by atoms with Crippen LogP contribution >= 0.6 is 0 Å². The molecule has 3 heteroatoms. The van der Waals surface area contributed by atoms with E-state index in [0.29, 0.717) is 0 Å². The van der Waals surface area contributed by atoms with Gasteiger partial charge in [0.05, 0.1) is 0 Å². The predicted molar refractivity (Wildman–Crippen MR) is 68.4 cm³/mol. The fourth-order valence-corrected chi connectivity index (χ4v) is 1.78. The smallest absolute Gasteiger partial charge is 0.0107 e. The van der Waals surface area contributed by atoms with Crippen molar-refractivity contribution >= 4 is 0 Å². The zero-order valence-electron chi connectivity index (χ0n) is 11.2. The van der Waals surface area contributed by atoms with E-state index >= 15 is 0 Å². The van der Waals surface area contributed by atoms with Gasteiger partial charge in [0, 0.05) is 32.2 Å². The second kappa shape index (κ2) is 9.13. The third kappa shape index (κ3) is 7.77. The van der Waals surface area contributed by atoms with Crippen molar-refractivity contribution in [1.82, 2.24) is 15.1 Å². The van der Waals surface area contributed by atoms with Crippen molar-refractivity contribution in [1.29, 1.82) is 0 Å². The van der Waals surface area contributed by atoms with E-state index < -0.39 is 0 Å². The second-order valence-electron chi connectivity index (χ2n) is 4.50. The van der Waals surface area contributed by atoms with Crippen molar-refractivity contribution in [2.75, 3.05) is 47.3 Å². The van der Waals surface area contributed by atoms with Crippen molar-refractivity contribution in [3.8, 4) is 0 Å². The summed E-state index contributed by atoms with van der Waals surface area (Å²) in [7, 11) is 6.45. The topological polar surface area (TPSA) is 18.5 Å². The maximum absolute atomic E-state index is 3.47. The summed E-state index contributed by atoms with van der Waals surface area (Å²) in [5, 5.41) is 3.47. The van der Waals surface area contributed by atoms with Crippen LogP contribution in [0.3, 0.4) is 0 Å². The van der Waals surface area contributed by atoms with Crippen molar-refractivity contribution in [3.63, 3.8) is 0 Å². The van der Waals surface area contributed by atoms with E-state index in [4.69, 9.17) is 0 Å². The summed E-state index contributed by atoms with van der Waals surface area (Å²) >= 11 is 0. The van der Waals surface area contributed by atoms with E-state index in [1.165, 1.54) is 12.8 Å². The Morgan fingerprint density at radius 2 is 1.47 bits per heavy atom. The molecule has 0 atom stereocenters. The number of likely N-dealkylation sites (N-methyl/N-ethyl adjacent to an activating group) is 2. The monoisotopic (exact) mass is 215 g/mol. The summed E-state index contributed by atoms with van der Waals surface area (Å²) in [4.78, 5) is 4.67. The Balaban J connectivity index is 3.41. The molecule has 0 saturated heterocycles. The average Bonchev–Trinajstić information content (AvgIpc) is 2.18. The van der Waals surface area contributed by atoms with Gasteiger partial charge in [-0.05, 0) is 34.0 Å². The Morgan fingerprint density at radius 3 is 1.93 bits per heavy atom. The van der Waals surface area contributed by atoms with E-state index in [1.807, 2.05) is 0 Å². The molecule has 3 nitrogen and oxygen atoms in total. The fourth-order valence-electron chi connectivity index (χ4n) is 1.78. The lowest BCUT2D eigenvalue weighted by molar-refractivity contribution is 0.229. The van der Waals surface area contributed by atoms with Crippen molar-refractivity contribution < 1.29 is 0 Å². The molecule has 0 spiro atoms. The highest BCUT2D eigenvalue weighted by molar-refractivity contribution is 4.66. The Kier molecular flexibility index (Phi) is 9.06. The van der Waals surface area contributed by atoms with Gasteiger partial charge in [-0.15, -0.1) is 0 Å². The summed E-state index contributed by atoms with van der Waals surface area (Å²) in [6, 6.07) is 0.751. The van der Waals surface area contributed by atoms with Gasteiger partial charge in [0.1, 0.15) is 0 Å². The molecular weight excluding hydrogens is 186 g/mol.